The Kier molecular flexibility index (Phi) is 6.81. The minimum absolute atomic E-state index is 1.03. The Hall–Kier alpha value is -1.05. The molecule has 2 heteroatoms. The topological polar surface area (TPSA) is 24.4 Å². The minimum Gasteiger partial charge on any atom is -0.313 e. The van der Waals surface area contributed by atoms with Gasteiger partial charge in [0, 0.05) is 7.05 Å². The van der Waals surface area contributed by atoms with Crippen LogP contribution in [0.4, 0.5) is 0 Å². The number of allylic oxidation sites excluding steroid dienone is 4. The van der Waals surface area contributed by atoms with Gasteiger partial charge < -0.3 is 5.43 Å². The van der Waals surface area contributed by atoms with Gasteiger partial charge in [-0.15, -0.1) is 0 Å². The molecule has 0 atom stereocenters. The van der Waals surface area contributed by atoms with Crippen LogP contribution < -0.4 is 5.43 Å². The van der Waals surface area contributed by atoms with Crippen LogP contribution in [-0.4, -0.2) is 12.8 Å². The van der Waals surface area contributed by atoms with E-state index in [4.69, 9.17) is 0 Å². The van der Waals surface area contributed by atoms with Gasteiger partial charge in [-0.3, -0.25) is 0 Å². The lowest BCUT2D eigenvalue weighted by Crippen LogP contribution is -2.10. The highest BCUT2D eigenvalue weighted by Gasteiger charge is 2.06. The molecule has 1 N–H and O–H groups in total. The fraction of sp³-hybridized carbons (Fsp3) is 0.583. The lowest BCUT2D eigenvalue weighted by atomic mass is 10.0. The van der Waals surface area contributed by atoms with Gasteiger partial charge in [-0.05, 0) is 37.8 Å². The third-order valence-electron chi connectivity index (χ3n) is 2.17. The van der Waals surface area contributed by atoms with Crippen LogP contribution in [0.3, 0.4) is 0 Å². The van der Waals surface area contributed by atoms with Gasteiger partial charge in [0.1, 0.15) is 0 Å². The number of hydrogen-bond donors (Lipinski definition) is 1. The summed E-state index contributed by atoms with van der Waals surface area (Å²) in [6, 6.07) is 0. The molecule has 80 valence electrons. The summed E-state index contributed by atoms with van der Waals surface area (Å²) in [5.74, 6) is 0. The van der Waals surface area contributed by atoms with Crippen LogP contribution in [0.1, 0.15) is 40.5 Å². The van der Waals surface area contributed by atoms with E-state index in [1.807, 2.05) is 14.0 Å². The van der Waals surface area contributed by atoms with Gasteiger partial charge in [0.2, 0.25) is 0 Å². The maximum atomic E-state index is 4.31. The zero-order valence-electron chi connectivity index (χ0n) is 10.0. The zero-order valence-corrected chi connectivity index (χ0v) is 10.0. The van der Waals surface area contributed by atoms with Crippen LogP contribution in [-0.2, 0) is 0 Å². The second-order valence-electron chi connectivity index (χ2n) is 3.15. The van der Waals surface area contributed by atoms with Crippen molar-refractivity contribution in [2.75, 3.05) is 7.05 Å². The summed E-state index contributed by atoms with van der Waals surface area (Å²) in [5.41, 5.74) is 6.49. The van der Waals surface area contributed by atoms with Crippen molar-refractivity contribution in [2.45, 2.75) is 40.5 Å². The average Bonchev–Trinajstić information content (AvgIpc) is 2.22. The van der Waals surface area contributed by atoms with Crippen molar-refractivity contribution in [3.05, 3.63) is 23.3 Å². The summed E-state index contributed by atoms with van der Waals surface area (Å²) in [7, 11) is 1.84. The van der Waals surface area contributed by atoms with Gasteiger partial charge in [0.25, 0.3) is 0 Å². The van der Waals surface area contributed by atoms with Crippen molar-refractivity contribution in [3.63, 3.8) is 0 Å². The first-order valence-electron chi connectivity index (χ1n) is 5.28. The Morgan fingerprint density at radius 1 is 1.36 bits per heavy atom. The van der Waals surface area contributed by atoms with E-state index in [1.54, 1.807) is 0 Å². The van der Waals surface area contributed by atoms with E-state index < -0.39 is 0 Å². The molecule has 0 aliphatic rings. The summed E-state index contributed by atoms with van der Waals surface area (Å²) in [6.07, 6.45) is 6.42. The largest absolute Gasteiger partial charge is 0.313 e. The van der Waals surface area contributed by atoms with Crippen LogP contribution in [0.2, 0.25) is 0 Å². The van der Waals surface area contributed by atoms with Gasteiger partial charge in [-0.25, -0.2) is 0 Å². The Labute approximate surface area is 87.8 Å². The molecule has 2 nitrogen and oxygen atoms in total. The summed E-state index contributed by atoms with van der Waals surface area (Å²) < 4.78 is 0. The van der Waals surface area contributed by atoms with Gasteiger partial charge in [-0.2, -0.15) is 5.10 Å². The first kappa shape index (κ1) is 12.9. The highest BCUT2D eigenvalue weighted by atomic mass is 15.3. The van der Waals surface area contributed by atoms with Crippen molar-refractivity contribution >= 4 is 5.71 Å². The van der Waals surface area contributed by atoms with E-state index in [0.717, 1.165) is 18.6 Å². The molecule has 0 aromatic rings. The van der Waals surface area contributed by atoms with Crippen molar-refractivity contribution < 1.29 is 0 Å². The SMILES string of the molecule is C\C=C(C)/C(=N/NC)C(=C/CC)/CC. The second kappa shape index (κ2) is 7.36. The van der Waals surface area contributed by atoms with Crippen molar-refractivity contribution in [2.24, 2.45) is 5.10 Å². The molecule has 0 aromatic heterocycles. The molecule has 14 heavy (non-hydrogen) atoms. The molecule has 0 spiro atoms. The average molecular weight is 194 g/mol. The molecular formula is C12H22N2. The molecule has 0 saturated heterocycles. The number of hydrazone groups is 1. The molecule has 0 aromatic carbocycles. The third kappa shape index (κ3) is 3.77. The fourth-order valence-corrected chi connectivity index (χ4v) is 1.32. The van der Waals surface area contributed by atoms with Crippen LogP contribution in [0.15, 0.2) is 28.4 Å². The lowest BCUT2D eigenvalue weighted by molar-refractivity contribution is 0.896. The van der Waals surface area contributed by atoms with E-state index >= 15 is 0 Å². The summed E-state index contributed by atoms with van der Waals surface area (Å²) in [6.45, 7) is 8.45. The monoisotopic (exact) mass is 194 g/mol. The van der Waals surface area contributed by atoms with E-state index in [9.17, 15) is 0 Å². The Balaban J connectivity index is 5.00. The second-order valence-corrected chi connectivity index (χ2v) is 3.15. The van der Waals surface area contributed by atoms with E-state index in [1.165, 1.54) is 11.1 Å². The molecule has 0 amide bonds. The Morgan fingerprint density at radius 3 is 2.36 bits per heavy atom. The van der Waals surface area contributed by atoms with Crippen LogP contribution in [0.5, 0.6) is 0 Å². The first-order valence-corrected chi connectivity index (χ1v) is 5.28. The van der Waals surface area contributed by atoms with E-state index in [-0.39, 0.29) is 0 Å². The van der Waals surface area contributed by atoms with Crippen LogP contribution in [0, 0.1) is 0 Å². The van der Waals surface area contributed by atoms with Crippen LogP contribution >= 0.6 is 0 Å². The molecular weight excluding hydrogens is 172 g/mol. The number of hydrogen-bond acceptors (Lipinski definition) is 2. The standard InChI is InChI=1S/C12H22N2/c1-6-9-11(8-3)12(14-13-5)10(4)7-2/h7,9,13H,6,8H2,1-5H3/b10-7-,11-9+,14-12-. The smallest absolute Gasteiger partial charge is 0.0883 e. The normalized spacial score (nSPS) is 14.5. The highest BCUT2D eigenvalue weighted by molar-refractivity contribution is 6.11. The molecule has 0 saturated carbocycles. The number of rotatable bonds is 5. The first-order chi connectivity index (χ1) is 6.71. The molecule has 0 rings (SSSR count). The third-order valence-corrected chi connectivity index (χ3v) is 2.17. The Morgan fingerprint density at radius 2 is 2.00 bits per heavy atom. The van der Waals surface area contributed by atoms with Crippen molar-refractivity contribution in [1.29, 1.82) is 0 Å². The van der Waals surface area contributed by atoms with Gasteiger partial charge in [0.05, 0.1) is 5.71 Å². The molecule has 0 aliphatic heterocycles. The molecule has 0 heterocycles. The predicted molar refractivity (Wildman–Crippen MR) is 64.6 cm³/mol. The van der Waals surface area contributed by atoms with E-state index in [0.29, 0.717) is 0 Å². The molecule has 0 aliphatic carbocycles. The zero-order chi connectivity index (χ0) is 11.0. The molecule has 0 fully saturated rings. The van der Waals surface area contributed by atoms with Gasteiger partial charge >= 0.3 is 0 Å². The Bertz CT molecular complexity index is 247. The van der Waals surface area contributed by atoms with Crippen molar-refractivity contribution in [3.8, 4) is 0 Å². The maximum Gasteiger partial charge on any atom is 0.0883 e. The predicted octanol–water partition coefficient (Wildman–Crippen LogP) is 3.27. The number of nitrogens with one attached hydrogen (secondary N) is 1. The summed E-state index contributed by atoms with van der Waals surface area (Å²) in [5, 5.41) is 4.31. The van der Waals surface area contributed by atoms with Gasteiger partial charge in [0.15, 0.2) is 0 Å². The lowest BCUT2D eigenvalue weighted by Gasteiger charge is -2.09. The highest BCUT2D eigenvalue weighted by Crippen LogP contribution is 2.12. The summed E-state index contributed by atoms with van der Waals surface area (Å²) in [4.78, 5) is 0. The fourth-order valence-electron chi connectivity index (χ4n) is 1.32. The molecule has 0 bridgehead atoms. The van der Waals surface area contributed by atoms with Gasteiger partial charge in [-0.1, -0.05) is 26.0 Å². The molecule has 0 unspecified atom stereocenters. The maximum absolute atomic E-state index is 4.31. The summed E-state index contributed by atoms with van der Waals surface area (Å²) >= 11 is 0. The van der Waals surface area contributed by atoms with Crippen LogP contribution in [0.25, 0.3) is 0 Å². The van der Waals surface area contributed by atoms with E-state index in [2.05, 4.69) is 43.5 Å². The quantitative estimate of drug-likeness (QED) is 0.527. The van der Waals surface area contributed by atoms with Crippen molar-refractivity contribution in [1.82, 2.24) is 5.43 Å². The number of nitrogens with zero attached hydrogens (tertiary/aromatic N) is 1. The minimum atomic E-state index is 1.03. The molecule has 0 radical (unpaired) electrons.